The Hall–Kier alpha value is -6.26. The highest BCUT2D eigenvalue weighted by Gasteiger charge is 2.23. The summed E-state index contributed by atoms with van der Waals surface area (Å²) in [5.74, 6) is 1.91. The number of pyridine rings is 1. The van der Waals surface area contributed by atoms with Gasteiger partial charge in [0, 0.05) is 29.1 Å². The van der Waals surface area contributed by atoms with Gasteiger partial charge in [0.15, 0.2) is 17.5 Å². The molecule has 1 aliphatic carbocycles. The Morgan fingerprint density at radius 2 is 0.804 bits per heavy atom. The van der Waals surface area contributed by atoms with Crippen molar-refractivity contribution in [3.8, 4) is 78.7 Å². The van der Waals surface area contributed by atoms with Gasteiger partial charge in [-0.1, -0.05) is 115 Å². The van der Waals surface area contributed by atoms with Crippen molar-refractivity contribution in [1.29, 1.82) is 0 Å². The molecule has 0 saturated carbocycles. The van der Waals surface area contributed by atoms with E-state index < -0.39 is 0 Å². The summed E-state index contributed by atoms with van der Waals surface area (Å²) in [4.78, 5) is 19.3. The monoisotopic (exact) mass is 586 g/mol. The molecule has 2 aromatic heterocycles. The predicted octanol–water partition coefficient (Wildman–Crippen LogP) is 10.4. The summed E-state index contributed by atoms with van der Waals surface area (Å²) < 4.78 is 0. The molecule has 46 heavy (non-hydrogen) atoms. The van der Waals surface area contributed by atoms with E-state index in [-0.39, 0.29) is 0 Å². The first-order valence-corrected chi connectivity index (χ1v) is 15.4. The first-order valence-electron chi connectivity index (χ1n) is 15.4. The van der Waals surface area contributed by atoms with Crippen molar-refractivity contribution in [1.82, 2.24) is 19.9 Å². The Bertz CT molecular complexity index is 2320. The van der Waals surface area contributed by atoms with Crippen molar-refractivity contribution in [2.75, 3.05) is 0 Å². The minimum Gasteiger partial charge on any atom is -0.265 e. The SMILES string of the molecule is c1ccc(-c2nc(-c3ccccc3)nc(-c3cc(-c4ccncc4)cc(-c4ccc5c6c(cccc46)-c4ccccc4-5)c3)n2)cc1. The zero-order valence-electron chi connectivity index (χ0n) is 24.8. The van der Waals surface area contributed by atoms with Crippen molar-refractivity contribution >= 4 is 10.8 Å². The van der Waals surface area contributed by atoms with Crippen LogP contribution in [0.15, 0.2) is 158 Å². The van der Waals surface area contributed by atoms with Gasteiger partial charge in [0.2, 0.25) is 0 Å². The molecule has 214 valence electrons. The van der Waals surface area contributed by atoms with E-state index in [2.05, 4.69) is 77.8 Å². The Balaban J connectivity index is 1.29. The molecular formula is C42H26N4. The number of fused-ring (bicyclic) bond motifs is 3. The van der Waals surface area contributed by atoms with Crippen molar-refractivity contribution in [3.63, 3.8) is 0 Å². The fourth-order valence-electron chi connectivity index (χ4n) is 6.62. The van der Waals surface area contributed by atoms with E-state index in [0.29, 0.717) is 17.5 Å². The van der Waals surface area contributed by atoms with Crippen LogP contribution in [0.25, 0.3) is 89.4 Å². The molecular weight excluding hydrogens is 560 g/mol. The van der Waals surface area contributed by atoms with Crippen molar-refractivity contribution in [2.45, 2.75) is 0 Å². The summed E-state index contributed by atoms with van der Waals surface area (Å²) in [6.45, 7) is 0. The van der Waals surface area contributed by atoms with Crippen molar-refractivity contribution in [2.24, 2.45) is 0 Å². The van der Waals surface area contributed by atoms with Gasteiger partial charge in [-0.25, -0.2) is 15.0 Å². The van der Waals surface area contributed by atoms with Gasteiger partial charge in [0.05, 0.1) is 0 Å². The van der Waals surface area contributed by atoms with Crippen LogP contribution in [0, 0.1) is 0 Å². The molecule has 4 nitrogen and oxygen atoms in total. The number of benzene rings is 6. The summed E-state index contributed by atoms with van der Waals surface area (Å²) in [6, 6.07) is 50.8. The third-order valence-electron chi connectivity index (χ3n) is 8.76. The summed E-state index contributed by atoms with van der Waals surface area (Å²) in [5, 5.41) is 2.53. The fraction of sp³-hybridized carbons (Fsp3) is 0. The minimum absolute atomic E-state index is 0.628. The summed E-state index contributed by atoms with van der Waals surface area (Å²) in [7, 11) is 0. The van der Waals surface area contributed by atoms with E-state index in [0.717, 1.165) is 33.4 Å². The Morgan fingerprint density at radius 3 is 1.46 bits per heavy atom. The van der Waals surface area contributed by atoms with Gasteiger partial charge in [-0.3, -0.25) is 4.98 Å². The molecule has 1 aliphatic rings. The van der Waals surface area contributed by atoms with Crippen LogP contribution in [0.2, 0.25) is 0 Å². The third-order valence-corrected chi connectivity index (χ3v) is 8.76. The predicted molar refractivity (Wildman–Crippen MR) is 187 cm³/mol. The molecule has 4 heteroatoms. The molecule has 0 radical (unpaired) electrons. The second-order valence-electron chi connectivity index (χ2n) is 11.5. The molecule has 0 aliphatic heterocycles. The number of nitrogens with zero attached hydrogens (tertiary/aromatic N) is 4. The first-order chi connectivity index (χ1) is 22.8. The number of hydrogen-bond donors (Lipinski definition) is 0. The van der Waals surface area contributed by atoms with Crippen molar-refractivity contribution in [3.05, 3.63) is 158 Å². The smallest absolute Gasteiger partial charge is 0.164 e. The van der Waals surface area contributed by atoms with Crippen LogP contribution in [0.1, 0.15) is 0 Å². The lowest BCUT2D eigenvalue weighted by Gasteiger charge is -2.14. The summed E-state index contributed by atoms with van der Waals surface area (Å²) in [5.41, 5.74) is 12.4. The number of rotatable bonds is 5. The lowest BCUT2D eigenvalue weighted by atomic mass is 9.91. The fourth-order valence-corrected chi connectivity index (χ4v) is 6.62. The average molecular weight is 587 g/mol. The molecule has 0 atom stereocenters. The Kier molecular flexibility index (Phi) is 6.10. The molecule has 6 aromatic carbocycles. The Labute approximate surface area is 266 Å². The molecule has 0 bridgehead atoms. The molecule has 0 N–H and O–H groups in total. The number of hydrogen-bond acceptors (Lipinski definition) is 4. The highest BCUT2D eigenvalue weighted by molar-refractivity contribution is 6.18. The van der Waals surface area contributed by atoms with Crippen LogP contribution >= 0.6 is 0 Å². The van der Waals surface area contributed by atoms with Crippen LogP contribution in [0.4, 0.5) is 0 Å². The van der Waals surface area contributed by atoms with Crippen LogP contribution in [0.3, 0.4) is 0 Å². The van der Waals surface area contributed by atoms with Crippen LogP contribution in [-0.2, 0) is 0 Å². The van der Waals surface area contributed by atoms with Gasteiger partial charge in [-0.15, -0.1) is 0 Å². The summed E-state index contributed by atoms with van der Waals surface area (Å²) in [6.07, 6.45) is 3.67. The average Bonchev–Trinajstić information content (AvgIpc) is 3.47. The van der Waals surface area contributed by atoms with E-state index in [4.69, 9.17) is 15.0 Å². The zero-order chi connectivity index (χ0) is 30.5. The summed E-state index contributed by atoms with van der Waals surface area (Å²) >= 11 is 0. The van der Waals surface area contributed by atoms with E-state index in [9.17, 15) is 0 Å². The van der Waals surface area contributed by atoms with E-state index in [1.807, 2.05) is 85.2 Å². The van der Waals surface area contributed by atoms with E-state index >= 15 is 0 Å². The molecule has 9 rings (SSSR count). The maximum atomic E-state index is 5.06. The molecule has 0 amide bonds. The van der Waals surface area contributed by atoms with Crippen molar-refractivity contribution < 1.29 is 0 Å². The Morgan fingerprint density at radius 1 is 0.304 bits per heavy atom. The second kappa shape index (κ2) is 10.7. The van der Waals surface area contributed by atoms with Gasteiger partial charge in [0.1, 0.15) is 0 Å². The second-order valence-corrected chi connectivity index (χ2v) is 11.5. The normalized spacial score (nSPS) is 11.5. The largest absolute Gasteiger partial charge is 0.265 e. The molecule has 0 fully saturated rings. The highest BCUT2D eigenvalue weighted by atomic mass is 15.0. The quantitative estimate of drug-likeness (QED) is 0.201. The van der Waals surface area contributed by atoms with Crippen LogP contribution in [-0.4, -0.2) is 19.9 Å². The number of aromatic nitrogens is 4. The van der Waals surface area contributed by atoms with Crippen LogP contribution in [0.5, 0.6) is 0 Å². The molecule has 0 saturated heterocycles. The van der Waals surface area contributed by atoms with Crippen LogP contribution < -0.4 is 0 Å². The van der Waals surface area contributed by atoms with Gasteiger partial charge in [0.25, 0.3) is 0 Å². The topological polar surface area (TPSA) is 51.6 Å². The van der Waals surface area contributed by atoms with Gasteiger partial charge in [-0.2, -0.15) is 0 Å². The standard InChI is InChI=1S/C42H26N4/c1-3-10-28(11-4-1)40-44-41(29-12-5-2-6-13-29)46-42(45-40)32-25-30(27-20-22-43-23-21-27)24-31(26-32)33-18-19-38-35-15-8-7-14-34(35)37-17-9-16-36(33)39(37)38/h1-26H. The molecule has 2 heterocycles. The molecule has 0 spiro atoms. The molecule has 0 unspecified atom stereocenters. The van der Waals surface area contributed by atoms with Gasteiger partial charge >= 0.3 is 0 Å². The van der Waals surface area contributed by atoms with Gasteiger partial charge in [-0.05, 0) is 85.6 Å². The lowest BCUT2D eigenvalue weighted by molar-refractivity contribution is 1.07. The highest BCUT2D eigenvalue weighted by Crippen LogP contribution is 2.49. The minimum atomic E-state index is 0.628. The first kappa shape index (κ1) is 26.2. The molecule has 8 aromatic rings. The van der Waals surface area contributed by atoms with E-state index in [1.54, 1.807) is 0 Å². The maximum Gasteiger partial charge on any atom is 0.164 e. The van der Waals surface area contributed by atoms with Gasteiger partial charge < -0.3 is 0 Å². The lowest BCUT2D eigenvalue weighted by Crippen LogP contribution is -2.00. The third kappa shape index (κ3) is 4.39. The maximum absolute atomic E-state index is 5.06. The zero-order valence-corrected chi connectivity index (χ0v) is 24.8. The van der Waals surface area contributed by atoms with E-state index in [1.165, 1.54) is 38.6 Å².